The highest BCUT2D eigenvalue weighted by Crippen LogP contribution is 2.14. The van der Waals surface area contributed by atoms with Crippen molar-refractivity contribution < 1.29 is 4.79 Å². The Balaban J connectivity index is 2.91. The molecule has 0 atom stereocenters. The third kappa shape index (κ3) is 3.57. The summed E-state index contributed by atoms with van der Waals surface area (Å²) in [6.07, 6.45) is 0.842. The van der Waals surface area contributed by atoms with Gasteiger partial charge < -0.3 is 10.6 Å². The van der Waals surface area contributed by atoms with E-state index in [-0.39, 0.29) is 11.9 Å². The lowest BCUT2D eigenvalue weighted by molar-refractivity contribution is 0.0704. The van der Waals surface area contributed by atoms with Gasteiger partial charge in [-0.25, -0.2) is 0 Å². The maximum atomic E-state index is 12.4. The Morgan fingerprint density at radius 3 is 2.44 bits per heavy atom. The van der Waals surface area contributed by atoms with Crippen LogP contribution in [0.4, 0.5) is 0 Å². The van der Waals surface area contributed by atoms with Gasteiger partial charge in [0.25, 0.3) is 5.91 Å². The first kappa shape index (κ1) is 14.7. The van der Waals surface area contributed by atoms with E-state index in [1.165, 1.54) is 5.56 Å². The van der Waals surface area contributed by atoms with Gasteiger partial charge in [0, 0.05) is 18.2 Å². The van der Waals surface area contributed by atoms with Crippen LogP contribution in [0.1, 0.15) is 41.8 Å². The summed E-state index contributed by atoms with van der Waals surface area (Å²) >= 11 is 0. The first-order valence-electron chi connectivity index (χ1n) is 6.55. The molecule has 100 valence electrons. The molecule has 1 rings (SSSR count). The Bertz CT molecular complexity index is 413. The SMILES string of the molecule is Cc1ccc(C(=O)N(CCCN)C(C)C)cc1C. The molecule has 0 aromatic heterocycles. The van der Waals surface area contributed by atoms with Crippen molar-refractivity contribution in [3.8, 4) is 0 Å². The number of hydrogen-bond donors (Lipinski definition) is 1. The zero-order valence-corrected chi connectivity index (χ0v) is 11.9. The number of benzene rings is 1. The van der Waals surface area contributed by atoms with Gasteiger partial charge in [0.1, 0.15) is 0 Å². The molecule has 3 heteroatoms. The summed E-state index contributed by atoms with van der Waals surface area (Å²) in [6, 6.07) is 6.08. The Kier molecular flexibility index (Phi) is 5.35. The van der Waals surface area contributed by atoms with E-state index in [1.54, 1.807) is 0 Å². The number of amides is 1. The summed E-state index contributed by atoms with van der Waals surface area (Å²) in [7, 11) is 0. The molecule has 0 aliphatic rings. The van der Waals surface area contributed by atoms with Crippen LogP contribution >= 0.6 is 0 Å². The number of carbonyl (C=O) groups is 1. The molecule has 1 aromatic rings. The van der Waals surface area contributed by atoms with E-state index in [0.29, 0.717) is 6.54 Å². The molecule has 1 amide bonds. The molecule has 0 saturated heterocycles. The van der Waals surface area contributed by atoms with Crippen LogP contribution in [0.15, 0.2) is 18.2 Å². The minimum absolute atomic E-state index is 0.0987. The first-order chi connectivity index (χ1) is 8.47. The third-order valence-corrected chi connectivity index (χ3v) is 3.24. The lowest BCUT2D eigenvalue weighted by Crippen LogP contribution is -2.38. The van der Waals surface area contributed by atoms with Gasteiger partial charge in [-0.1, -0.05) is 6.07 Å². The van der Waals surface area contributed by atoms with E-state index in [9.17, 15) is 4.79 Å². The second-order valence-corrected chi connectivity index (χ2v) is 5.03. The topological polar surface area (TPSA) is 46.3 Å². The lowest BCUT2D eigenvalue weighted by atomic mass is 10.0. The normalized spacial score (nSPS) is 10.8. The molecule has 3 nitrogen and oxygen atoms in total. The summed E-state index contributed by atoms with van der Waals surface area (Å²) in [6.45, 7) is 9.50. The van der Waals surface area contributed by atoms with Crippen LogP contribution < -0.4 is 5.73 Å². The fourth-order valence-electron chi connectivity index (χ4n) is 1.90. The monoisotopic (exact) mass is 248 g/mol. The van der Waals surface area contributed by atoms with Crippen LogP contribution in [0.3, 0.4) is 0 Å². The predicted molar refractivity (Wildman–Crippen MR) is 75.8 cm³/mol. The third-order valence-electron chi connectivity index (χ3n) is 3.24. The van der Waals surface area contributed by atoms with E-state index < -0.39 is 0 Å². The quantitative estimate of drug-likeness (QED) is 0.870. The summed E-state index contributed by atoms with van der Waals surface area (Å²) in [4.78, 5) is 14.3. The van der Waals surface area contributed by atoms with E-state index >= 15 is 0 Å². The molecule has 0 bridgehead atoms. The summed E-state index contributed by atoms with van der Waals surface area (Å²) in [5, 5.41) is 0. The summed E-state index contributed by atoms with van der Waals surface area (Å²) < 4.78 is 0. The first-order valence-corrected chi connectivity index (χ1v) is 6.55. The number of aryl methyl sites for hydroxylation is 2. The highest BCUT2D eigenvalue weighted by molar-refractivity contribution is 5.94. The fourth-order valence-corrected chi connectivity index (χ4v) is 1.90. The minimum Gasteiger partial charge on any atom is -0.336 e. The lowest BCUT2D eigenvalue weighted by Gasteiger charge is -2.27. The molecule has 0 aliphatic carbocycles. The molecule has 0 aliphatic heterocycles. The Hall–Kier alpha value is -1.35. The molecular formula is C15H24N2O. The molecule has 0 radical (unpaired) electrons. The molecule has 0 heterocycles. The van der Waals surface area contributed by atoms with Crippen molar-refractivity contribution in [1.82, 2.24) is 4.90 Å². The predicted octanol–water partition coefficient (Wildman–Crippen LogP) is 2.50. The van der Waals surface area contributed by atoms with Crippen molar-refractivity contribution >= 4 is 5.91 Å². The van der Waals surface area contributed by atoms with Crippen molar-refractivity contribution in [3.63, 3.8) is 0 Å². The smallest absolute Gasteiger partial charge is 0.254 e. The number of rotatable bonds is 5. The minimum atomic E-state index is 0.0987. The van der Waals surface area contributed by atoms with E-state index in [1.807, 2.05) is 43.9 Å². The second-order valence-electron chi connectivity index (χ2n) is 5.03. The van der Waals surface area contributed by atoms with E-state index in [2.05, 4.69) is 6.92 Å². The van der Waals surface area contributed by atoms with Crippen molar-refractivity contribution in [2.75, 3.05) is 13.1 Å². The van der Waals surface area contributed by atoms with Crippen molar-refractivity contribution in [1.29, 1.82) is 0 Å². The van der Waals surface area contributed by atoms with Gasteiger partial charge in [-0.2, -0.15) is 0 Å². The van der Waals surface area contributed by atoms with Gasteiger partial charge in [0.15, 0.2) is 0 Å². The molecule has 2 N–H and O–H groups in total. The highest BCUT2D eigenvalue weighted by atomic mass is 16.2. The van der Waals surface area contributed by atoms with Gasteiger partial charge in [0.05, 0.1) is 0 Å². The average molecular weight is 248 g/mol. The average Bonchev–Trinajstić information content (AvgIpc) is 2.32. The Morgan fingerprint density at radius 1 is 1.28 bits per heavy atom. The van der Waals surface area contributed by atoms with Gasteiger partial charge in [-0.3, -0.25) is 4.79 Å². The Labute approximate surface area is 110 Å². The van der Waals surface area contributed by atoms with Gasteiger partial charge in [0.2, 0.25) is 0 Å². The zero-order chi connectivity index (χ0) is 13.7. The fraction of sp³-hybridized carbons (Fsp3) is 0.533. The second kappa shape index (κ2) is 6.55. The molecule has 18 heavy (non-hydrogen) atoms. The van der Waals surface area contributed by atoms with Gasteiger partial charge in [-0.05, 0) is 63.9 Å². The van der Waals surface area contributed by atoms with E-state index in [4.69, 9.17) is 5.73 Å². The maximum absolute atomic E-state index is 12.4. The van der Waals surface area contributed by atoms with Gasteiger partial charge >= 0.3 is 0 Å². The van der Waals surface area contributed by atoms with Gasteiger partial charge in [-0.15, -0.1) is 0 Å². The van der Waals surface area contributed by atoms with Crippen LogP contribution in [0.5, 0.6) is 0 Å². The highest BCUT2D eigenvalue weighted by Gasteiger charge is 2.18. The van der Waals surface area contributed by atoms with E-state index in [0.717, 1.165) is 24.1 Å². The van der Waals surface area contributed by atoms with Crippen LogP contribution in [0.25, 0.3) is 0 Å². The number of hydrogen-bond acceptors (Lipinski definition) is 2. The van der Waals surface area contributed by atoms with Crippen LogP contribution in [0.2, 0.25) is 0 Å². The number of nitrogens with two attached hydrogens (primary N) is 1. The Morgan fingerprint density at radius 2 is 1.94 bits per heavy atom. The molecule has 0 spiro atoms. The van der Waals surface area contributed by atoms with Crippen molar-refractivity contribution in [3.05, 3.63) is 34.9 Å². The zero-order valence-electron chi connectivity index (χ0n) is 11.9. The van der Waals surface area contributed by atoms with Crippen LogP contribution in [-0.4, -0.2) is 29.9 Å². The van der Waals surface area contributed by atoms with Crippen molar-refractivity contribution in [2.24, 2.45) is 5.73 Å². The number of carbonyl (C=O) groups excluding carboxylic acids is 1. The molecule has 0 saturated carbocycles. The molecule has 1 aromatic carbocycles. The number of nitrogens with zero attached hydrogens (tertiary/aromatic N) is 1. The largest absolute Gasteiger partial charge is 0.336 e. The standard InChI is InChI=1S/C15H24N2O/c1-11(2)17(9-5-8-16)15(18)14-7-6-12(3)13(4)10-14/h6-7,10-11H,5,8-9,16H2,1-4H3. The maximum Gasteiger partial charge on any atom is 0.254 e. The van der Waals surface area contributed by atoms with Crippen molar-refractivity contribution in [2.45, 2.75) is 40.2 Å². The molecule has 0 unspecified atom stereocenters. The molecule has 0 fully saturated rings. The molecular weight excluding hydrogens is 224 g/mol. The summed E-state index contributed by atoms with van der Waals surface area (Å²) in [5.41, 5.74) is 8.66. The van der Waals surface area contributed by atoms with Crippen LogP contribution in [0, 0.1) is 13.8 Å². The summed E-state index contributed by atoms with van der Waals surface area (Å²) in [5.74, 6) is 0.0987. The van der Waals surface area contributed by atoms with Crippen LogP contribution in [-0.2, 0) is 0 Å².